The molecule has 2 aromatic carbocycles. The predicted molar refractivity (Wildman–Crippen MR) is 238 cm³/mol. The van der Waals surface area contributed by atoms with Crippen molar-refractivity contribution >= 4 is 80.9 Å². The van der Waals surface area contributed by atoms with Gasteiger partial charge in [0.15, 0.2) is 22.9 Å². The largest absolute Gasteiger partial charge is 0.478 e. The Kier molecular flexibility index (Phi) is 12.5. The van der Waals surface area contributed by atoms with E-state index in [1.165, 1.54) is 36.9 Å². The number of anilines is 2. The van der Waals surface area contributed by atoms with Crippen LogP contribution in [0.25, 0.3) is 78.1 Å². The predicted octanol–water partition coefficient (Wildman–Crippen LogP) is 6.58. The van der Waals surface area contributed by atoms with E-state index in [0.717, 1.165) is 44.7 Å². The van der Waals surface area contributed by atoms with Crippen LogP contribution < -0.4 is 11.5 Å². The normalized spacial score (nSPS) is 10.9. The molecule has 0 atom stereocenters. The molecule has 0 spiro atoms. The molecule has 0 aliphatic heterocycles. The van der Waals surface area contributed by atoms with Crippen LogP contribution >= 0.6 is 24.0 Å². The Hall–Kier alpha value is -8.47. The zero-order chi connectivity index (χ0) is 43.3. The summed E-state index contributed by atoms with van der Waals surface area (Å²) in [6.07, 6.45) is 14.1. The summed E-state index contributed by atoms with van der Waals surface area (Å²) in [6, 6.07) is 19.7. The van der Waals surface area contributed by atoms with E-state index in [1.807, 2.05) is 36.7 Å². The van der Waals surface area contributed by atoms with Crippen molar-refractivity contribution in [2.24, 2.45) is 0 Å². The van der Waals surface area contributed by atoms with Gasteiger partial charge in [-0.1, -0.05) is 0 Å². The highest BCUT2D eigenvalue weighted by atomic mass is 127. The first kappa shape index (κ1) is 42.6. The molecule has 21 heteroatoms. The molecule has 18 nitrogen and oxygen atoms in total. The number of carboxylic acid groups (broad SMARTS) is 2. The van der Waals surface area contributed by atoms with Crippen LogP contribution in [0.1, 0.15) is 0 Å². The fraction of sp³-hybridized carbons (Fsp3) is 0. The van der Waals surface area contributed by atoms with Gasteiger partial charge in [0.25, 0.3) is 0 Å². The molecule has 0 aliphatic carbocycles. The van der Waals surface area contributed by atoms with Crippen molar-refractivity contribution < 1.29 is 28.6 Å². The zero-order valence-electron chi connectivity index (χ0n) is 32.1. The molecule has 8 aromatic heterocycles. The maximum Gasteiger partial charge on any atom is 0.328 e. The Morgan fingerprint density at radius 3 is 1.22 bits per heavy atom. The first-order valence-corrected chi connectivity index (χ1v) is 18.1. The topological polar surface area (TPSA) is 264 Å². The zero-order valence-corrected chi connectivity index (χ0v) is 34.4. The van der Waals surface area contributed by atoms with Crippen LogP contribution in [0.3, 0.4) is 0 Å². The quantitative estimate of drug-likeness (QED) is 0.101. The number of aliphatic carboxylic acids is 2. The van der Waals surface area contributed by atoms with Gasteiger partial charge in [0.05, 0.1) is 11.4 Å². The monoisotopic (exact) mass is 958 g/mol. The number of nitrogens with zero attached hydrogens (tertiary/aromatic N) is 12. The third-order valence-corrected chi connectivity index (χ3v) is 9.02. The molecule has 0 radical (unpaired) electrons. The highest BCUT2D eigenvalue weighted by Gasteiger charge is 2.20. The summed E-state index contributed by atoms with van der Waals surface area (Å²) < 4.78 is 30.2. The second kappa shape index (κ2) is 18.4. The molecule has 0 fully saturated rings. The summed E-state index contributed by atoms with van der Waals surface area (Å²) >= 11 is 0. The molecule has 0 unspecified atom stereocenters. The lowest BCUT2D eigenvalue weighted by molar-refractivity contribution is -0.134. The number of nitrogen functional groups attached to an aromatic ring is 2. The first-order chi connectivity index (χ1) is 30.0. The van der Waals surface area contributed by atoms with Crippen LogP contribution in [0, 0.1) is 11.6 Å². The van der Waals surface area contributed by atoms with Crippen molar-refractivity contribution in [2.45, 2.75) is 0 Å². The fourth-order valence-electron chi connectivity index (χ4n) is 6.35. The highest BCUT2D eigenvalue weighted by molar-refractivity contribution is 14.0. The third kappa shape index (κ3) is 9.17. The van der Waals surface area contributed by atoms with Crippen LogP contribution in [0.4, 0.5) is 20.4 Å². The number of carboxylic acids is 2. The highest BCUT2D eigenvalue weighted by Crippen LogP contribution is 2.38. The van der Waals surface area contributed by atoms with Gasteiger partial charge in [-0.3, -0.25) is 9.97 Å². The van der Waals surface area contributed by atoms with Crippen LogP contribution in [-0.2, 0) is 9.59 Å². The lowest BCUT2D eigenvalue weighted by Gasteiger charge is -2.13. The SMILES string of the molecule is I.Nc1nc(-c2ccc(F)cc2)c(-c2ccc3ncnn3c2)c2nccnc12.Nc1nc(-c2ccc(F)cc2)c(-c2ccc3ncnn3c2)c2nccnc12.O=C(O)/C=C\C(=O)O. The van der Waals surface area contributed by atoms with Gasteiger partial charge >= 0.3 is 11.9 Å². The summed E-state index contributed by atoms with van der Waals surface area (Å²) in [6.45, 7) is 0. The minimum Gasteiger partial charge on any atom is -0.478 e. The van der Waals surface area contributed by atoms with Crippen LogP contribution in [-0.4, -0.2) is 81.3 Å². The molecule has 0 amide bonds. The fourth-order valence-corrected chi connectivity index (χ4v) is 6.35. The number of fused-ring (bicyclic) bond motifs is 4. The summed E-state index contributed by atoms with van der Waals surface area (Å²) in [5, 5.41) is 24.0. The van der Waals surface area contributed by atoms with E-state index in [2.05, 4.69) is 50.1 Å². The maximum atomic E-state index is 13.4. The Balaban J connectivity index is 0.000000160. The van der Waals surface area contributed by atoms with Gasteiger partial charge in [0, 0.05) is 82.7 Å². The van der Waals surface area contributed by atoms with Gasteiger partial charge in [0.1, 0.15) is 46.4 Å². The van der Waals surface area contributed by atoms with Gasteiger partial charge in [-0.15, -0.1) is 24.0 Å². The average Bonchev–Trinajstić information content (AvgIpc) is 3.96. The van der Waals surface area contributed by atoms with Gasteiger partial charge < -0.3 is 21.7 Å². The molecule has 0 saturated heterocycles. The first-order valence-electron chi connectivity index (χ1n) is 18.1. The molecular formula is C42H29F2IN14O4. The summed E-state index contributed by atoms with van der Waals surface area (Å²) in [5.41, 5.74) is 21.7. The van der Waals surface area contributed by atoms with Crippen molar-refractivity contribution in [3.8, 4) is 44.8 Å². The molecule has 0 saturated carbocycles. The Bertz CT molecular complexity index is 3110. The Morgan fingerprint density at radius 2 is 0.857 bits per heavy atom. The molecule has 0 bridgehead atoms. The maximum absolute atomic E-state index is 13.4. The van der Waals surface area contributed by atoms with E-state index in [4.69, 9.17) is 21.7 Å². The van der Waals surface area contributed by atoms with E-state index >= 15 is 0 Å². The lowest BCUT2D eigenvalue weighted by atomic mass is 9.98. The number of nitrogens with two attached hydrogens (primary N) is 2. The van der Waals surface area contributed by atoms with Crippen LogP contribution in [0.5, 0.6) is 0 Å². The molecule has 6 N–H and O–H groups in total. The number of rotatable bonds is 6. The van der Waals surface area contributed by atoms with Crippen molar-refractivity contribution in [1.82, 2.24) is 59.1 Å². The van der Waals surface area contributed by atoms with Crippen molar-refractivity contribution in [1.29, 1.82) is 0 Å². The summed E-state index contributed by atoms with van der Waals surface area (Å²) in [5.74, 6) is -2.62. The molecule has 0 aliphatic rings. The van der Waals surface area contributed by atoms with E-state index in [9.17, 15) is 18.4 Å². The smallest absolute Gasteiger partial charge is 0.328 e. The standard InChI is InChI=1S/2C19H12FN7.C4H4O4.HI/c2*20-13-4-1-11(2-5-13)16-15(12-3-6-14-24-10-25-27(14)9-12)17-18(19(21)26-16)23-8-7-22-17;5-3(6)1-2-4(7)8;/h2*1-10H,(H2,21,26);1-2H,(H,5,6)(H,7,8);1H/b;;2-1-;. The third-order valence-electron chi connectivity index (χ3n) is 9.02. The number of halogens is 3. The Labute approximate surface area is 369 Å². The van der Waals surface area contributed by atoms with Gasteiger partial charge in [0.2, 0.25) is 0 Å². The van der Waals surface area contributed by atoms with E-state index in [-0.39, 0.29) is 47.2 Å². The number of hydrogen-bond donors (Lipinski definition) is 4. The lowest BCUT2D eigenvalue weighted by Crippen LogP contribution is -2.01. The number of hydrogen-bond acceptors (Lipinski definition) is 14. The van der Waals surface area contributed by atoms with Gasteiger partial charge in [-0.2, -0.15) is 10.2 Å². The Morgan fingerprint density at radius 1 is 0.508 bits per heavy atom. The second-order valence-electron chi connectivity index (χ2n) is 12.9. The van der Waals surface area contributed by atoms with Crippen molar-refractivity contribution in [3.05, 3.63) is 146 Å². The summed E-state index contributed by atoms with van der Waals surface area (Å²) in [4.78, 5) is 54.2. The van der Waals surface area contributed by atoms with E-state index in [1.54, 1.807) is 58.1 Å². The van der Waals surface area contributed by atoms with Gasteiger partial charge in [-0.05, 0) is 72.8 Å². The van der Waals surface area contributed by atoms with Crippen LogP contribution in [0.15, 0.2) is 135 Å². The minimum absolute atomic E-state index is 0. The molecule has 8 heterocycles. The molecule has 63 heavy (non-hydrogen) atoms. The van der Waals surface area contributed by atoms with Crippen LogP contribution in [0.2, 0.25) is 0 Å². The van der Waals surface area contributed by atoms with Crippen molar-refractivity contribution in [2.75, 3.05) is 11.5 Å². The molecule has 10 aromatic rings. The summed E-state index contributed by atoms with van der Waals surface area (Å²) in [7, 11) is 0. The van der Waals surface area contributed by atoms with E-state index < -0.39 is 11.9 Å². The molecule has 10 rings (SSSR count). The van der Waals surface area contributed by atoms with E-state index in [0.29, 0.717) is 45.6 Å². The average molecular weight is 959 g/mol. The minimum atomic E-state index is -1.26. The molecule has 312 valence electrons. The number of carbonyl (C=O) groups is 2. The van der Waals surface area contributed by atoms with Gasteiger partial charge in [-0.25, -0.2) is 57.3 Å². The number of pyridine rings is 4. The second-order valence-corrected chi connectivity index (χ2v) is 12.9. The number of benzene rings is 2. The number of aromatic nitrogens is 12. The molecular weight excluding hydrogens is 929 g/mol. The van der Waals surface area contributed by atoms with Crippen molar-refractivity contribution in [3.63, 3.8) is 0 Å².